The number of halogens is 2. The van der Waals surface area contributed by atoms with Gasteiger partial charge in [-0.2, -0.15) is 0 Å². The van der Waals surface area contributed by atoms with Gasteiger partial charge in [-0.05, 0) is 82.3 Å². The number of rotatable bonds is 10. The molecule has 3 rings (SSSR count). The Hall–Kier alpha value is -2.57. The third-order valence-electron chi connectivity index (χ3n) is 7.29. The van der Waals surface area contributed by atoms with Gasteiger partial charge in [0.15, 0.2) is 5.82 Å². The zero-order valence-corrected chi connectivity index (χ0v) is 24.1. The Morgan fingerprint density at radius 3 is 2.51 bits per heavy atom. The molecule has 202 valence electrons. The second-order valence-electron chi connectivity index (χ2n) is 10.8. The fraction of sp³-hybridized carbons (Fsp3) is 0.500. The highest BCUT2D eigenvalue weighted by Gasteiger charge is 2.28. The molecule has 1 saturated heterocycles. The predicted octanol–water partition coefficient (Wildman–Crippen LogP) is 6.66. The molecule has 0 spiro atoms. The molecule has 0 radical (unpaired) electrons. The molecule has 37 heavy (non-hydrogen) atoms. The van der Waals surface area contributed by atoms with Crippen molar-refractivity contribution in [3.63, 3.8) is 0 Å². The molecule has 1 aliphatic heterocycles. The van der Waals surface area contributed by atoms with E-state index in [4.69, 9.17) is 22.3 Å². The molecule has 1 aromatic heterocycles. The summed E-state index contributed by atoms with van der Waals surface area (Å²) >= 11 is 6.53. The number of nitrogens with one attached hydrogen (secondary N) is 1. The molecule has 1 aliphatic rings. The van der Waals surface area contributed by atoms with Gasteiger partial charge < -0.3 is 20.5 Å². The van der Waals surface area contributed by atoms with Crippen LogP contribution in [0.1, 0.15) is 80.4 Å². The molecule has 1 fully saturated rings. The molecule has 1 aromatic carbocycles. The second-order valence-corrected chi connectivity index (χ2v) is 11.2. The van der Waals surface area contributed by atoms with Crippen molar-refractivity contribution in [1.82, 2.24) is 19.8 Å². The van der Waals surface area contributed by atoms with Gasteiger partial charge >= 0.3 is 0 Å². The zero-order valence-electron chi connectivity index (χ0n) is 23.3. The second kappa shape index (κ2) is 12.3. The van der Waals surface area contributed by atoms with Crippen LogP contribution in [0.15, 0.2) is 25.3 Å². The molecule has 0 saturated carbocycles. The molecule has 0 bridgehead atoms. The monoisotopic (exact) mass is 527 g/mol. The van der Waals surface area contributed by atoms with Crippen LogP contribution in [-0.2, 0) is 6.42 Å². The fourth-order valence-electron chi connectivity index (χ4n) is 5.33. The summed E-state index contributed by atoms with van der Waals surface area (Å²) in [7, 11) is 2.15. The lowest BCUT2D eigenvalue weighted by Gasteiger charge is -2.30. The van der Waals surface area contributed by atoms with Crippen molar-refractivity contribution < 1.29 is 4.39 Å². The fourth-order valence-corrected chi connectivity index (χ4v) is 5.55. The number of benzene rings is 1. The van der Waals surface area contributed by atoms with Crippen molar-refractivity contribution in [2.24, 2.45) is 17.6 Å². The van der Waals surface area contributed by atoms with Crippen LogP contribution in [0.3, 0.4) is 0 Å². The van der Waals surface area contributed by atoms with Gasteiger partial charge in [0.25, 0.3) is 0 Å². The van der Waals surface area contributed by atoms with Crippen LogP contribution in [0.25, 0.3) is 17.6 Å². The molecule has 5 nitrogen and oxygen atoms in total. The molecule has 1 unspecified atom stereocenters. The predicted molar refractivity (Wildman–Crippen MR) is 156 cm³/mol. The maximum atomic E-state index is 15.7. The number of hydrogen-bond donors (Lipinski definition) is 2. The van der Waals surface area contributed by atoms with Crippen molar-refractivity contribution in [3.8, 4) is 0 Å². The van der Waals surface area contributed by atoms with Crippen LogP contribution in [0, 0.1) is 24.6 Å². The van der Waals surface area contributed by atoms with Gasteiger partial charge in [0.05, 0.1) is 22.1 Å². The minimum absolute atomic E-state index is 0.0934. The van der Waals surface area contributed by atoms with E-state index in [1.807, 2.05) is 30.7 Å². The maximum Gasteiger partial charge on any atom is 0.151 e. The van der Waals surface area contributed by atoms with E-state index in [9.17, 15) is 0 Å². The number of allylic oxidation sites excluding steroid dienone is 1. The van der Waals surface area contributed by atoms with Crippen LogP contribution < -0.4 is 11.1 Å². The third kappa shape index (κ3) is 6.47. The standard InChI is InChI=1S/C30H43ClFN5/c1-9-12-37-29(20(5)33)22(7)35-30(37)19(4)24-16-26(31)28(32)27(25(24)15-18(2)3)21(6)34-17-23-10-13-36(8)14-11-23/h9,12,16,18-19,23,34H,5-6,10-11,13-15,17,33H2,1-4,7-8H3/b12-9-. The van der Waals surface area contributed by atoms with Gasteiger partial charge in [0, 0.05) is 29.9 Å². The van der Waals surface area contributed by atoms with E-state index in [1.54, 1.807) is 6.07 Å². The molecule has 3 N–H and O–H groups in total. The van der Waals surface area contributed by atoms with E-state index in [2.05, 4.69) is 51.2 Å². The summed E-state index contributed by atoms with van der Waals surface area (Å²) in [5, 5.41) is 3.55. The number of hydrogen-bond acceptors (Lipinski definition) is 4. The Balaban J connectivity index is 2.07. The average molecular weight is 528 g/mol. The smallest absolute Gasteiger partial charge is 0.151 e. The molecule has 2 aromatic rings. The summed E-state index contributed by atoms with van der Waals surface area (Å²) in [6, 6.07) is 1.76. The normalized spacial score (nSPS) is 16.0. The van der Waals surface area contributed by atoms with Crippen LogP contribution in [-0.4, -0.2) is 41.1 Å². The molecular weight excluding hydrogens is 485 g/mol. The van der Waals surface area contributed by atoms with Crippen molar-refractivity contribution in [2.45, 2.75) is 59.8 Å². The Bertz CT molecular complexity index is 1170. The van der Waals surface area contributed by atoms with Crippen LogP contribution >= 0.6 is 11.6 Å². The van der Waals surface area contributed by atoms with E-state index in [-0.39, 0.29) is 10.9 Å². The first kappa shape index (κ1) is 29.0. The number of imidazole rings is 1. The van der Waals surface area contributed by atoms with Gasteiger partial charge in [-0.3, -0.25) is 0 Å². The van der Waals surface area contributed by atoms with Gasteiger partial charge in [-0.1, -0.05) is 51.6 Å². The van der Waals surface area contributed by atoms with Crippen molar-refractivity contribution >= 4 is 29.2 Å². The number of nitrogens with two attached hydrogens (primary N) is 1. The molecule has 0 amide bonds. The SMILES string of the molecule is C=C(NCC1CCN(C)CC1)c1c(F)c(Cl)cc(C(C)c2nc(C)c(C(=C)N)n2/C=C\C)c1CC(C)C. The summed E-state index contributed by atoms with van der Waals surface area (Å²) in [6.45, 7) is 21.4. The lowest BCUT2D eigenvalue weighted by Crippen LogP contribution is -2.34. The van der Waals surface area contributed by atoms with E-state index in [0.717, 1.165) is 60.8 Å². The van der Waals surface area contributed by atoms with Crippen molar-refractivity contribution in [1.29, 1.82) is 0 Å². The van der Waals surface area contributed by atoms with E-state index < -0.39 is 5.82 Å². The average Bonchev–Trinajstić information content (AvgIpc) is 3.16. The third-order valence-corrected chi connectivity index (χ3v) is 7.56. The minimum atomic E-state index is -0.418. The Kier molecular flexibility index (Phi) is 9.65. The van der Waals surface area contributed by atoms with E-state index in [1.165, 1.54) is 0 Å². The molecule has 1 atom stereocenters. The highest BCUT2D eigenvalue weighted by molar-refractivity contribution is 6.31. The summed E-state index contributed by atoms with van der Waals surface area (Å²) < 4.78 is 17.7. The number of aryl methyl sites for hydroxylation is 1. The molecule has 2 heterocycles. The number of piperidine rings is 1. The number of likely N-dealkylation sites (tertiary alicyclic amines) is 1. The Morgan fingerprint density at radius 2 is 1.95 bits per heavy atom. The van der Waals surface area contributed by atoms with Crippen LogP contribution in [0.2, 0.25) is 5.02 Å². The maximum absolute atomic E-state index is 15.7. The highest BCUT2D eigenvalue weighted by atomic mass is 35.5. The van der Waals surface area contributed by atoms with E-state index >= 15 is 4.39 Å². The lowest BCUT2D eigenvalue weighted by molar-refractivity contribution is 0.220. The molecule has 7 heteroatoms. The topological polar surface area (TPSA) is 59.1 Å². The lowest BCUT2D eigenvalue weighted by atomic mass is 9.85. The van der Waals surface area contributed by atoms with E-state index in [0.29, 0.717) is 35.2 Å². The van der Waals surface area contributed by atoms with Gasteiger partial charge in [-0.15, -0.1) is 0 Å². The minimum Gasteiger partial charge on any atom is -0.397 e. The van der Waals surface area contributed by atoms with Gasteiger partial charge in [-0.25, -0.2) is 9.37 Å². The zero-order chi connectivity index (χ0) is 27.4. The van der Waals surface area contributed by atoms with Crippen LogP contribution in [0.4, 0.5) is 4.39 Å². The van der Waals surface area contributed by atoms with Gasteiger partial charge in [0.1, 0.15) is 5.82 Å². The molecular formula is C30H43ClFN5. The van der Waals surface area contributed by atoms with Crippen LogP contribution in [0.5, 0.6) is 0 Å². The van der Waals surface area contributed by atoms with Crippen molar-refractivity contribution in [2.75, 3.05) is 26.7 Å². The van der Waals surface area contributed by atoms with Gasteiger partial charge in [0.2, 0.25) is 0 Å². The first-order valence-corrected chi connectivity index (χ1v) is 13.6. The summed E-state index contributed by atoms with van der Waals surface area (Å²) in [6.07, 6.45) is 6.82. The number of nitrogens with zero attached hydrogens (tertiary/aromatic N) is 3. The Morgan fingerprint density at radius 1 is 1.30 bits per heavy atom. The highest BCUT2D eigenvalue weighted by Crippen LogP contribution is 2.38. The first-order valence-electron chi connectivity index (χ1n) is 13.2. The van der Waals surface area contributed by atoms with Crippen molar-refractivity contribution in [3.05, 3.63) is 70.0 Å². The summed E-state index contributed by atoms with van der Waals surface area (Å²) in [5.41, 5.74) is 11.1. The number of aromatic nitrogens is 2. The quantitative estimate of drug-likeness (QED) is 0.363. The largest absolute Gasteiger partial charge is 0.397 e. The first-order chi connectivity index (χ1) is 17.5. The summed E-state index contributed by atoms with van der Waals surface area (Å²) in [5.74, 6) is 1.07. The Labute approximate surface area is 227 Å². The molecule has 0 aliphatic carbocycles. The summed E-state index contributed by atoms with van der Waals surface area (Å²) in [4.78, 5) is 7.22.